The minimum absolute atomic E-state index is 0.219. The van der Waals surface area contributed by atoms with Crippen LogP contribution in [0.4, 0.5) is 0 Å². The molecule has 1 aliphatic rings. The van der Waals surface area contributed by atoms with Crippen LogP contribution in [0.25, 0.3) is 10.9 Å². The fourth-order valence-corrected chi connectivity index (χ4v) is 4.04. The number of ether oxygens (including phenoxy) is 1. The summed E-state index contributed by atoms with van der Waals surface area (Å²) in [5.74, 6) is 1.71. The molecule has 0 saturated carbocycles. The predicted octanol–water partition coefficient (Wildman–Crippen LogP) is 4.20. The molecule has 0 bridgehead atoms. The smallest absolute Gasteiger partial charge is 0.227 e. The van der Waals surface area contributed by atoms with E-state index in [1.807, 2.05) is 29.3 Å². The molecule has 2 aromatic carbocycles. The molecule has 0 atom stereocenters. The van der Waals surface area contributed by atoms with Crippen LogP contribution in [-0.4, -0.2) is 36.0 Å². The first kappa shape index (κ1) is 17.7. The highest BCUT2D eigenvalue weighted by Crippen LogP contribution is 2.26. The highest BCUT2D eigenvalue weighted by Gasteiger charge is 2.23. The van der Waals surface area contributed by atoms with E-state index in [1.54, 1.807) is 7.11 Å². The van der Waals surface area contributed by atoms with E-state index >= 15 is 0 Å². The zero-order valence-electron chi connectivity index (χ0n) is 15.8. The van der Waals surface area contributed by atoms with E-state index in [0.717, 1.165) is 54.6 Å². The minimum atomic E-state index is 0.219. The quantitative estimate of drug-likeness (QED) is 0.739. The first-order chi connectivity index (χ1) is 13.2. The van der Waals surface area contributed by atoms with Gasteiger partial charge in [-0.25, -0.2) is 0 Å². The maximum atomic E-state index is 12.8. The first-order valence-electron chi connectivity index (χ1n) is 9.68. The summed E-state index contributed by atoms with van der Waals surface area (Å²) in [7, 11) is 1.66. The molecule has 3 aromatic rings. The highest BCUT2D eigenvalue weighted by molar-refractivity contribution is 5.89. The van der Waals surface area contributed by atoms with Crippen LogP contribution in [-0.2, 0) is 17.6 Å². The minimum Gasteiger partial charge on any atom is -0.497 e. The van der Waals surface area contributed by atoms with E-state index in [2.05, 4.69) is 35.3 Å². The topological polar surface area (TPSA) is 45.3 Å². The molecule has 27 heavy (non-hydrogen) atoms. The number of rotatable bonds is 5. The number of carbonyl (C=O) groups is 1. The van der Waals surface area contributed by atoms with Crippen molar-refractivity contribution in [3.8, 4) is 5.75 Å². The Morgan fingerprint density at radius 1 is 1.15 bits per heavy atom. The zero-order chi connectivity index (χ0) is 18.6. The van der Waals surface area contributed by atoms with Gasteiger partial charge in [-0.2, -0.15) is 0 Å². The number of fused-ring (bicyclic) bond motifs is 1. The van der Waals surface area contributed by atoms with Gasteiger partial charge >= 0.3 is 0 Å². The predicted molar refractivity (Wildman–Crippen MR) is 108 cm³/mol. The molecule has 2 heterocycles. The van der Waals surface area contributed by atoms with E-state index < -0.39 is 0 Å². The molecule has 0 unspecified atom stereocenters. The van der Waals surface area contributed by atoms with Crippen molar-refractivity contribution in [2.75, 3.05) is 20.2 Å². The number of hydrogen-bond donors (Lipinski definition) is 1. The summed E-state index contributed by atoms with van der Waals surface area (Å²) in [5.41, 5.74) is 3.48. The molecule has 4 nitrogen and oxygen atoms in total. The lowest BCUT2D eigenvalue weighted by Gasteiger charge is -2.32. The second kappa shape index (κ2) is 7.87. The van der Waals surface area contributed by atoms with E-state index in [0.29, 0.717) is 12.3 Å². The number of carbonyl (C=O) groups excluding carboxylic acids is 1. The van der Waals surface area contributed by atoms with Gasteiger partial charge in [0.05, 0.1) is 13.5 Å². The molecule has 1 aliphatic heterocycles. The van der Waals surface area contributed by atoms with Gasteiger partial charge in [-0.05, 0) is 54.5 Å². The fraction of sp³-hybridized carbons (Fsp3) is 0.348. The van der Waals surface area contributed by atoms with E-state index in [1.165, 1.54) is 5.56 Å². The van der Waals surface area contributed by atoms with E-state index in [-0.39, 0.29) is 5.91 Å². The monoisotopic (exact) mass is 362 g/mol. The van der Waals surface area contributed by atoms with Gasteiger partial charge in [0.15, 0.2) is 0 Å². The van der Waals surface area contributed by atoms with Gasteiger partial charge in [-0.1, -0.05) is 30.3 Å². The Morgan fingerprint density at radius 3 is 2.67 bits per heavy atom. The molecular formula is C23H26N2O2. The Bertz CT molecular complexity index is 909. The van der Waals surface area contributed by atoms with Crippen LogP contribution in [0.2, 0.25) is 0 Å². The summed E-state index contributed by atoms with van der Waals surface area (Å²) in [6.07, 6.45) is 5.68. The third-order valence-electron chi connectivity index (χ3n) is 5.65. The number of methoxy groups -OCH3 is 1. The van der Waals surface area contributed by atoms with Crippen LogP contribution in [0.3, 0.4) is 0 Å². The summed E-state index contributed by atoms with van der Waals surface area (Å²) < 4.78 is 5.32. The second-order valence-corrected chi connectivity index (χ2v) is 7.42. The van der Waals surface area contributed by atoms with Crippen LogP contribution in [0, 0.1) is 5.92 Å². The lowest BCUT2D eigenvalue weighted by molar-refractivity contribution is -0.131. The van der Waals surface area contributed by atoms with Gasteiger partial charge in [-0.15, -0.1) is 0 Å². The van der Waals surface area contributed by atoms with Gasteiger partial charge in [0.25, 0.3) is 0 Å². The maximum absolute atomic E-state index is 12.8. The third kappa shape index (κ3) is 4.00. The molecule has 1 amide bonds. The summed E-state index contributed by atoms with van der Waals surface area (Å²) >= 11 is 0. The molecular weight excluding hydrogens is 336 g/mol. The number of benzene rings is 2. The standard InChI is InChI=1S/C23H26N2O2/c1-27-20-7-8-22-21(15-20)19(16-24-22)14-23(26)25-11-9-18(10-12-25)13-17-5-3-2-4-6-17/h2-8,15-16,18,24H,9-14H2,1H3. The Labute approximate surface area is 160 Å². The Morgan fingerprint density at radius 2 is 1.93 bits per heavy atom. The van der Waals surface area contributed by atoms with Crippen molar-refractivity contribution < 1.29 is 9.53 Å². The SMILES string of the molecule is COc1ccc2[nH]cc(CC(=O)N3CCC(Cc4ccccc4)CC3)c2c1. The number of likely N-dealkylation sites (tertiary alicyclic amines) is 1. The number of H-pyrrole nitrogens is 1. The molecule has 4 heteroatoms. The fourth-order valence-electron chi connectivity index (χ4n) is 4.04. The average molecular weight is 362 g/mol. The normalized spacial score (nSPS) is 15.2. The molecule has 1 saturated heterocycles. The molecule has 0 spiro atoms. The largest absolute Gasteiger partial charge is 0.497 e. The number of amides is 1. The second-order valence-electron chi connectivity index (χ2n) is 7.42. The molecule has 0 aliphatic carbocycles. The van der Waals surface area contributed by atoms with Gasteiger partial charge in [0.1, 0.15) is 5.75 Å². The van der Waals surface area contributed by atoms with E-state index in [9.17, 15) is 4.79 Å². The van der Waals surface area contributed by atoms with Crippen LogP contribution in [0.5, 0.6) is 5.75 Å². The summed E-state index contributed by atoms with van der Waals surface area (Å²) in [6.45, 7) is 1.73. The first-order valence-corrected chi connectivity index (χ1v) is 9.68. The Balaban J connectivity index is 1.36. The van der Waals surface area contributed by atoms with Crippen LogP contribution in [0.1, 0.15) is 24.0 Å². The molecule has 1 fully saturated rings. The Kier molecular flexibility index (Phi) is 5.14. The van der Waals surface area contributed by atoms with Crippen molar-refractivity contribution in [1.29, 1.82) is 0 Å². The average Bonchev–Trinajstić information content (AvgIpc) is 3.11. The lowest BCUT2D eigenvalue weighted by Crippen LogP contribution is -2.39. The number of aromatic amines is 1. The molecule has 4 rings (SSSR count). The van der Waals surface area contributed by atoms with Crippen molar-refractivity contribution in [3.63, 3.8) is 0 Å². The number of piperidine rings is 1. The van der Waals surface area contributed by atoms with Crippen molar-refractivity contribution in [3.05, 3.63) is 65.9 Å². The maximum Gasteiger partial charge on any atom is 0.227 e. The Hall–Kier alpha value is -2.75. The molecule has 0 radical (unpaired) electrons. The van der Waals surface area contributed by atoms with Crippen molar-refractivity contribution in [1.82, 2.24) is 9.88 Å². The number of aromatic nitrogens is 1. The number of nitrogens with one attached hydrogen (secondary N) is 1. The molecule has 1 N–H and O–H groups in total. The van der Waals surface area contributed by atoms with Crippen LogP contribution >= 0.6 is 0 Å². The van der Waals surface area contributed by atoms with Gasteiger partial charge in [0.2, 0.25) is 5.91 Å². The van der Waals surface area contributed by atoms with E-state index in [4.69, 9.17) is 4.74 Å². The lowest BCUT2D eigenvalue weighted by atomic mass is 9.90. The van der Waals surface area contributed by atoms with Gasteiger partial charge in [-0.3, -0.25) is 4.79 Å². The number of hydrogen-bond acceptors (Lipinski definition) is 2. The zero-order valence-corrected chi connectivity index (χ0v) is 15.8. The summed E-state index contributed by atoms with van der Waals surface area (Å²) in [5, 5.41) is 1.07. The summed E-state index contributed by atoms with van der Waals surface area (Å²) in [4.78, 5) is 18.1. The van der Waals surface area contributed by atoms with Gasteiger partial charge < -0.3 is 14.6 Å². The van der Waals surface area contributed by atoms with Crippen molar-refractivity contribution in [2.24, 2.45) is 5.92 Å². The molecule has 140 valence electrons. The van der Waals surface area contributed by atoms with Crippen LogP contribution in [0.15, 0.2) is 54.7 Å². The summed E-state index contributed by atoms with van der Waals surface area (Å²) in [6, 6.07) is 16.6. The van der Waals surface area contributed by atoms with Crippen molar-refractivity contribution in [2.45, 2.75) is 25.7 Å². The van der Waals surface area contributed by atoms with Crippen molar-refractivity contribution >= 4 is 16.8 Å². The molecule has 1 aromatic heterocycles. The highest BCUT2D eigenvalue weighted by atomic mass is 16.5. The third-order valence-corrected chi connectivity index (χ3v) is 5.65. The number of nitrogens with zero attached hydrogens (tertiary/aromatic N) is 1. The van der Waals surface area contributed by atoms with Crippen LogP contribution < -0.4 is 4.74 Å². The van der Waals surface area contributed by atoms with Gasteiger partial charge in [0, 0.05) is 30.2 Å².